The van der Waals surface area contributed by atoms with Crippen molar-refractivity contribution in [3.8, 4) is 11.5 Å². The minimum absolute atomic E-state index is 0.00221. The Kier molecular flexibility index (Phi) is 7.95. The van der Waals surface area contributed by atoms with Crippen molar-refractivity contribution >= 4 is 23.7 Å². The van der Waals surface area contributed by atoms with E-state index in [1.165, 1.54) is 16.9 Å². The van der Waals surface area contributed by atoms with Gasteiger partial charge < -0.3 is 29.3 Å². The molecule has 3 aromatic carbocycles. The quantitative estimate of drug-likeness (QED) is 0.307. The summed E-state index contributed by atoms with van der Waals surface area (Å²) in [6, 6.07) is 23.6. The summed E-state index contributed by atoms with van der Waals surface area (Å²) in [6.45, 7) is -0.205. The molecule has 0 radical (unpaired) electrons. The third-order valence-electron chi connectivity index (χ3n) is 6.88. The van der Waals surface area contributed by atoms with Crippen LogP contribution in [0, 0.1) is 0 Å². The summed E-state index contributed by atoms with van der Waals surface area (Å²) in [4.78, 5) is 55.1. The number of rotatable bonds is 10. The highest BCUT2D eigenvalue weighted by atomic mass is 16.5. The topological polar surface area (TPSA) is 114 Å². The van der Waals surface area contributed by atoms with Crippen LogP contribution in [0.5, 0.6) is 11.5 Å². The number of esters is 1. The van der Waals surface area contributed by atoms with Crippen LogP contribution in [-0.4, -0.2) is 72.0 Å². The van der Waals surface area contributed by atoms with Crippen LogP contribution in [0.15, 0.2) is 84.9 Å². The Morgan fingerprint density at radius 1 is 0.900 bits per heavy atom. The summed E-state index contributed by atoms with van der Waals surface area (Å²) in [6.07, 6.45) is -1.23. The van der Waals surface area contributed by atoms with Crippen molar-refractivity contribution in [1.82, 2.24) is 15.1 Å². The number of hydrogen-bond donors (Lipinski definition) is 1. The fourth-order valence-electron chi connectivity index (χ4n) is 4.89. The zero-order chi connectivity index (χ0) is 28.1. The van der Waals surface area contributed by atoms with E-state index in [0.717, 1.165) is 5.56 Å². The minimum Gasteiger partial charge on any atom is -0.497 e. The lowest BCUT2D eigenvalue weighted by molar-refractivity contribution is -0.170. The summed E-state index contributed by atoms with van der Waals surface area (Å²) in [5.41, 5.74) is 1.47. The van der Waals surface area contributed by atoms with Gasteiger partial charge in [-0.25, -0.2) is 4.79 Å². The molecule has 2 fully saturated rings. The normalized spacial score (nSPS) is 19.3. The molecular weight excluding hydrogens is 514 g/mol. The van der Waals surface area contributed by atoms with Gasteiger partial charge in [0.15, 0.2) is 6.61 Å². The number of nitrogens with zero attached hydrogens (tertiary/aromatic N) is 2. The van der Waals surface area contributed by atoms with Gasteiger partial charge in [-0.05, 0) is 35.4 Å². The number of fused-ring (bicyclic) bond motifs is 1. The molecule has 3 aromatic rings. The van der Waals surface area contributed by atoms with Gasteiger partial charge in [0.25, 0.3) is 5.91 Å². The average molecular weight is 544 g/mol. The maximum atomic E-state index is 13.4. The van der Waals surface area contributed by atoms with Gasteiger partial charge in [-0.15, -0.1) is 0 Å². The molecule has 2 aliphatic heterocycles. The van der Waals surface area contributed by atoms with Crippen molar-refractivity contribution in [2.24, 2.45) is 0 Å². The van der Waals surface area contributed by atoms with Crippen molar-refractivity contribution in [1.29, 1.82) is 0 Å². The molecule has 0 bridgehead atoms. The Labute approximate surface area is 231 Å². The molecule has 3 amide bonds. The van der Waals surface area contributed by atoms with Gasteiger partial charge >= 0.3 is 5.97 Å². The van der Waals surface area contributed by atoms with E-state index in [1.54, 1.807) is 48.5 Å². The van der Waals surface area contributed by atoms with E-state index < -0.39 is 36.0 Å². The lowest BCUT2D eigenvalue weighted by atomic mass is 9.96. The Balaban J connectivity index is 1.29. The van der Waals surface area contributed by atoms with Crippen LogP contribution in [0.3, 0.4) is 0 Å². The largest absolute Gasteiger partial charge is 0.497 e. The number of nitrogens with one attached hydrogen (secondary N) is 1. The first-order valence-corrected chi connectivity index (χ1v) is 12.9. The monoisotopic (exact) mass is 543 g/mol. The van der Waals surface area contributed by atoms with Crippen molar-refractivity contribution in [2.45, 2.75) is 31.3 Å². The number of amides is 3. The van der Waals surface area contributed by atoms with Crippen LogP contribution in [-0.2, 0) is 36.9 Å². The van der Waals surface area contributed by atoms with E-state index in [1.807, 2.05) is 36.4 Å². The van der Waals surface area contributed by atoms with Crippen LogP contribution in [0.4, 0.5) is 0 Å². The van der Waals surface area contributed by atoms with E-state index in [9.17, 15) is 19.2 Å². The third-order valence-corrected chi connectivity index (χ3v) is 6.88. The van der Waals surface area contributed by atoms with Gasteiger partial charge in [0, 0.05) is 6.54 Å². The van der Waals surface area contributed by atoms with E-state index in [4.69, 9.17) is 14.2 Å². The number of methoxy groups -OCH3 is 1. The number of benzene rings is 3. The molecule has 2 saturated heterocycles. The van der Waals surface area contributed by atoms with Crippen molar-refractivity contribution in [3.63, 3.8) is 0 Å². The number of carbonyl (C=O) groups is 4. The third kappa shape index (κ3) is 5.75. The lowest BCUT2D eigenvalue weighted by Crippen LogP contribution is -2.71. The highest BCUT2D eigenvalue weighted by Crippen LogP contribution is 2.34. The Hall–Kier alpha value is -4.86. The maximum Gasteiger partial charge on any atom is 0.350 e. The smallest absolute Gasteiger partial charge is 0.350 e. The number of carbonyl (C=O) groups excluding carboxylic acids is 4. The predicted molar refractivity (Wildman–Crippen MR) is 143 cm³/mol. The summed E-state index contributed by atoms with van der Waals surface area (Å²) < 4.78 is 16.3. The maximum absolute atomic E-state index is 13.4. The molecule has 40 heavy (non-hydrogen) atoms. The predicted octanol–water partition coefficient (Wildman–Crippen LogP) is 1.92. The van der Waals surface area contributed by atoms with Crippen LogP contribution in [0.2, 0.25) is 0 Å². The number of hydrogen-bond acceptors (Lipinski definition) is 7. The molecule has 0 saturated carbocycles. The van der Waals surface area contributed by atoms with E-state index >= 15 is 0 Å². The van der Waals surface area contributed by atoms with Gasteiger partial charge in [0.1, 0.15) is 24.1 Å². The summed E-state index contributed by atoms with van der Waals surface area (Å²) in [5, 5.41) is 2.69. The molecule has 0 spiro atoms. The lowest BCUT2D eigenvalue weighted by Gasteiger charge is -2.43. The molecule has 206 valence electrons. The molecule has 3 atom stereocenters. The number of para-hydroxylation sites is 1. The number of β-lactam (4-membered cyclic amide) rings is 1. The van der Waals surface area contributed by atoms with E-state index in [2.05, 4.69) is 5.32 Å². The van der Waals surface area contributed by atoms with Crippen LogP contribution >= 0.6 is 0 Å². The van der Waals surface area contributed by atoms with Crippen molar-refractivity contribution in [3.05, 3.63) is 96.1 Å². The van der Waals surface area contributed by atoms with Gasteiger partial charge in [0.05, 0.1) is 19.6 Å². The van der Waals surface area contributed by atoms with Gasteiger partial charge in [-0.3, -0.25) is 14.4 Å². The fourth-order valence-corrected chi connectivity index (χ4v) is 4.89. The Morgan fingerprint density at radius 3 is 2.30 bits per heavy atom. The van der Waals surface area contributed by atoms with Crippen molar-refractivity contribution in [2.75, 3.05) is 20.3 Å². The zero-order valence-corrected chi connectivity index (χ0v) is 21.9. The van der Waals surface area contributed by atoms with Crippen molar-refractivity contribution < 1.29 is 33.4 Å². The SMILES string of the molecule is COc1cccc(CC(=O)N2CC3[C@@H](NC(=O)COc4ccccc4)C(=O)N3C2C(=O)OCc2ccccc2)c1. The standard InChI is InChI=1S/C30H29N3O7/c1-38-23-14-8-11-21(15-23)16-26(35)32-17-24-27(31-25(34)19-39-22-12-6-3-7-13-22)29(36)33(24)28(32)30(37)40-18-20-9-4-2-5-10-20/h2-15,24,27-28H,16-19H2,1H3,(H,31,34)/t24?,27-,28?/m1/s1. The molecule has 0 aromatic heterocycles. The molecular formula is C30H29N3O7. The Morgan fingerprint density at radius 2 is 1.57 bits per heavy atom. The molecule has 10 heteroatoms. The molecule has 10 nitrogen and oxygen atoms in total. The second-order valence-electron chi connectivity index (χ2n) is 9.50. The molecule has 2 aliphatic rings. The fraction of sp³-hybridized carbons (Fsp3) is 0.267. The highest BCUT2D eigenvalue weighted by Gasteiger charge is 2.61. The first-order chi connectivity index (χ1) is 19.4. The first kappa shape index (κ1) is 26.7. The minimum atomic E-state index is -1.23. The number of ether oxygens (including phenoxy) is 3. The van der Waals surface area contributed by atoms with Crippen LogP contribution < -0.4 is 14.8 Å². The zero-order valence-electron chi connectivity index (χ0n) is 21.9. The second-order valence-corrected chi connectivity index (χ2v) is 9.50. The summed E-state index contributed by atoms with van der Waals surface area (Å²) in [7, 11) is 1.54. The molecule has 2 heterocycles. The van der Waals surface area contributed by atoms with Crippen LogP contribution in [0.25, 0.3) is 0 Å². The van der Waals surface area contributed by atoms with Gasteiger partial charge in [-0.2, -0.15) is 0 Å². The highest BCUT2D eigenvalue weighted by molar-refractivity contribution is 5.99. The average Bonchev–Trinajstić information content (AvgIpc) is 3.35. The molecule has 0 aliphatic carbocycles. The first-order valence-electron chi connectivity index (χ1n) is 12.9. The molecule has 2 unspecified atom stereocenters. The van der Waals surface area contributed by atoms with Crippen LogP contribution in [0.1, 0.15) is 11.1 Å². The van der Waals surface area contributed by atoms with E-state index in [-0.39, 0.29) is 32.1 Å². The molecule has 5 rings (SSSR count). The van der Waals surface area contributed by atoms with Gasteiger partial charge in [0.2, 0.25) is 18.0 Å². The Bertz CT molecular complexity index is 1380. The molecule has 1 N–H and O–H groups in total. The van der Waals surface area contributed by atoms with E-state index in [0.29, 0.717) is 17.1 Å². The van der Waals surface area contributed by atoms with Gasteiger partial charge in [-0.1, -0.05) is 60.7 Å². The summed E-state index contributed by atoms with van der Waals surface area (Å²) in [5.74, 6) is -0.881. The second kappa shape index (κ2) is 11.9. The summed E-state index contributed by atoms with van der Waals surface area (Å²) >= 11 is 0.